The molecule has 0 saturated carbocycles. The fraction of sp³-hybridized carbons (Fsp3) is 0.222. The third kappa shape index (κ3) is 4.09. The minimum Gasteiger partial charge on any atom is -0.147 e. The Kier molecular flexibility index (Phi) is 8.55. The summed E-state index contributed by atoms with van der Waals surface area (Å²) in [6, 6.07) is 32.8. The first-order chi connectivity index (χ1) is 18.2. The van der Waals surface area contributed by atoms with E-state index >= 15 is 0 Å². The van der Waals surface area contributed by atoms with Crippen LogP contribution in [0, 0.1) is 27.7 Å². The van der Waals surface area contributed by atoms with Gasteiger partial charge in [0.15, 0.2) is 0 Å². The molecule has 4 heteroatoms. The summed E-state index contributed by atoms with van der Waals surface area (Å²) < 4.78 is 3.98. The molecule has 0 aliphatic heterocycles. The van der Waals surface area contributed by atoms with E-state index in [2.05, 4.69) is 146 Å². The van der Waals surface area contributed by atoms with E-state index in [0.29, 0.717) is 7.25 Å². The Labute approximate surface area is 255 Å². The summed E-state index contributed by atoms with van der Waals surface area (Å²) in [5, 5.41) is 0. The smallest absolute Gasteiger partial charge is 0.147 e. The molecule has 0 amide bonds. The molecule has 6 rings (SSSR count). The summed E-state index contributed by atoms with van der Waals surface area (Å²) in [5.41, 5.74) is 14.8. The molecule has 2 aliphatic carbocycles. The summed E-state index contributed by atoms with van der Waals surface area (Å²) in [6.45, 7) is 16.6. The number of fused-ring (bicyclic) bond motifs is 2. The van der Waals surface area contributed by atoms with Gasteiger partial charge < -0.3 is 0 Å². The molecule has 0 nitrogen and oxygen atoms in total. The molecule has 206 valence electrons. The van der Waals surface area contributed by atoms with Crippen LogP contribution in [0.5, 0.6) is 0 Å². The Bertz CT molecular complexity index is 1600. The third-order valence-corrected chi connectivity index (χ3v) is 38.1. The van der Waals surface area contributed by atoms with Crippen LogP contribution in [-0.2, 0) is 17.4 Å². The zero-order valence-corrected chi connectivity index (χ0v) is 29.9. The Morgan fingerprint density at radius 1 is 0.475 bits per heavy atom. The van der Waals surface area contributed by atoms with Crippen LogP contribution < -0.4 is 6.54 Å². The van der Waals surface area contributed by atoms with Crippen LogP contribution in [0.1, 0.15) is 65.6 Å². The van der Waals surface area contributed by atoms with Gasteiger partial charge in [-0.3, -0.25) is 0 Å². The fourth-order valence-corrected chi connectivity index (χ4v) is 37.7. The van der Waals surface area contributed by atoms with Gasteiger partial charge in [-0.1, -0.05) is 0 Å². The molecular formula is C36H40Cl2SiZr. The first-order valence-electron chi connectivity index (χ1n) is 13.9. The monoisotopic (exact) mass is 660 g/mol. The van der Waals surface area contributed by atoms with E-state index < -0.39 is 17.4 Å². The molecule has 0 bridgehead atoms. The van der Waals surface area contributed by atoms with Crippen LogP contribution in [0.25, 0.3) is 12.2 Å². The van der Waals surface area contributed by atoms with Crippen LogP contribution in [-0.4, -0.2) is 6.88 Å². The second-order valence-corrected chi connectivity index (χ2v) is 34.8. The molecule has 2 unspecified atom stereocenters. The zero-order chi connectivity index (χ0) is 26.8. The molecule has 0 fully saturated rings. The van der Waals surface area contributed by atoms with E-state index in [1.165, 1.54) is 44.5 Å². The minimum absolute atomic E-state index is 0. The Hall–Kier alpha value is -1.96. The quantitative estimate of drug-likeness (QED) is 0.193. The number of benzene rings is 4. The van der Waals surface area contributed by atoms with Crippen LogP contribution in [0.15, 0.2) is 96.1 Å². The molecule has 0 heterocycles. The maximum atomic E-state index is 2.54. The molecule has 40 heavy (non-hydrogen) atoms. The Morgan fingerprint density at radius 3 is 1.15 bits per heavy atom. The molecule has 0 saturated heterocycles. The van der Waals surface area contributed by atoms with E-state index in [1.807, 2.05) is 0 Å². The summed E-state index contributed by atoms with van der Waals surface area (Å²) in [7, 11) is 0. The second-order valence-electron chi connectivity index (χ2n) is 12.1. The zero-order valence-electron chi connectivity index (χ0n) is 24.4. The molecule has 4 aromatic carbocycles. The summed E-state index contributed by atoms with van der Waals surface area (Å²) >= 11 is -4.44. The fourth-order valence-electron chi connectivity index (χ4n) is 8.30. The van der Waals surface area contributed by atoms with Gasteiger partial charge in [-0.05, 0) is 0 Å². The number of aryl methyl sites for hydroxylation is 4. The molecule has 0 N–H and O–H groups in total. The number of rotatable bonds is 4. The summed E-state index contributed by atoms with van der Waals surface area (Å²) in [5.74, 6) is 0. The van der Waals surface area contributed by atoms with Gasteiger partial charge in [0.25, 0.3) is 0 Å². The van der Waals surface area contributed by atoms with Crippen molar-refractivity contribution in [1.82, 2.24) is 0 Å². The van der Waals surface area contributed by atoms with Gasteiger partial charge in [-0.25, -0.2) is 0 Å². The maximum absolute atomic E-state index is 4.44. The van der Waals surface area contributed by atoms with Crippen LogP contribution in [0.3, 0.4) is 0 Å². The van der Waals surface area contributed by atoms with E-state index in [-0.39, 0.29) is 24.8 Å². The van der Waals surface area contributed by atoms with Crippen molar-refractivity contribution in [2.24, 2.45) is 0 Å². The van der Waals surface area contributed by atoms with Gasteiger partial charge in [0, 0.05) is 0 Å². The van der Waals surface area contributed by atoms with Crippen molar-refractivity contribution in [1.29, 1.82) is 0 Å². The molecule has 0 radical (unpaired) electrons. The van der Waals surface area contributed by atoms with E-state index in [1.54, 1.807) is 17.7 Å². The average Bonchev–Trinajstić information content (AvgIpc) is 3.49. The predicted octanol–water partition coefficient (Wildman–Crippen LogP) is 8.27. The topological polar surface area (TPSA) is 0 Å². The number of hydrogen-bond acceptors (Lipinski definition) is 0. The molecule has 2 atom stereocenters. The SMILES string of the molecule is CC1=Cc2c(C)ccc(C)c2[CH]1[Zr](=[SiH2])([c]1ccccc1)([c]1ccccc1)[CH]1C(C)=Cc2c(C)ccc(C)c21.Cl.Cl. The number of halogens is 2. The normalized spacial score (nSPS) is 17.7. The number of hydrogen-bond donors (Lipinski definition) is 0. The van der Waals surface area contributed by atoms with Gasteiger partial charge in [0.2, 0.25) is 0 Å². The van der Waals surface area contributed by atoms with Crippen molar-refractivity contribution in [2.75, 3.05) is 0 Å². The Morgan fingerprint density at radius 2 is 0.800 bits per heavy atom. The van der Waals surface area contributed by atoms with Crippen LogP contribution in [0.2, 0.25) is 0 Å². The van der Waals surface area contributed by atoms with Gasteiger partial charge in [0.1, 0.15) is 0 Å². The van der Waals surface area contributed by atoms with Crippen LogP contribution >= 0.6 is 24.8 Å². The van der Waals surface area contributed by atoms with E-state index in [9.17, 15) is 0 Å². The molecule has 0 spiro atoms. The van der Waals surface area contributed by atoms with Crippen molar-refractivity contribution in [3.8, 4) is 0 Å². The molecule has 0 aromatic heterocycles. The first-order valence-corrected chi connectivity index (χ1v) is 25.1. The van der Waals surface area contributed by atoms with Crippen molar-refractivity contribution in [2.45, 2.75) is 48.8 Å². The average molecular weight is 663 g/mol. The molecular weight excluding hydrogens is 623 g/mol. The van der Waals surface area contributed by atoms with Gasteiger partial charge in [-0.15, -0.1) is 24.8 Å². The second kappa shape index (κ2) is 11.0. The largest absolute Gasteiger partial charge is 0.147 e. The van der Waals surface area contributed by atoms with Crippen LogP contribution in [0.4, 0.5) is 0 Å². The van der Waals surface area contributed by atoms with E-state index in [0.717, 1.165) is 0 Å². The third-order valence-electron chi connectivity index (χ3n) is 9.91. The summed E-state index contributed by atoms with van der Waals surface area (Å²) in [6.07, 6.45) is 5.07. The minimum atomic E-state index is -4.44. The predicted molar refractivity (Wildman–Crippen MR) is 180 cm³/mol. The summed E-state index contributed by atoms with van der Waals surface area (Å²) in [4.78, 5) is 0. The van der Waals surface area contributed by atoms with Crippen molar-refractivity contribution < 1.29 is 17.4 Å². The first kappa shape index (κ1) is 31.0. The van der Waals surface area contributed by atoms with Crippen molar-refractivity contribution in [3.63, 3.8) is 0 Å². The maximum Gasteiger partial charge on any atom is -0.147 e. The standard InChI is InChI=1S/2C12H13.2C6H5.2ClH.H2Si.Zr/c2*1-8-6-11-9(2)4-5-10(3)12(11)7-8;2*1-2-4-6-5-3-1;;;;/h2*4-7H,1-3H3;2*1-5H;2*1H;1H2;. The van der Waals surface area contributed by atoms with Gasteiger partial charge >= 0.3 is 232 Å². The van der Waals surface area contributed by atoms with E-state index in [4.69, 9.17) is 0 Å². The molecule has 4 aromatic rings. The van der Waals surface area contributed by atoms with Crippen molar-refractivity contribution in [3.05, 3.63) is 141 Å². The molecule has 2 aliphatic rings. The van der Waals surface area contributed by atoms with Crippen molar-refractivity contribution >= 4 is 50.4 Å². The van der Waals surface area contributed by atoms with Gasteiger partial charge in [-0.2, -0.15) is 0 Å². The Balaban J connectivity index is 0.00000185. The number of allylic oxidation sites excluding steroid dienone is 2. The van der Waals surface area contributed by atoms with Gasteiger partial charge in [0.05, 0.1) is 0 Å².